The molecule has 1 saturated heterocycles. The van der Waals surface area contributed by atoms with Crippen LogP contribution < -0.4 is 5.32 Å². The molecule has 1 heterocycles. The number of hydrogen-bond acceptors (Lipinski definition) is 3. The van der Waals surface area contributed by atoms with Crippen molar-refractivity contribution in [1.82, 2.24) is 15.1 Å². The first-order valence-corrected chi connectivity index (χ1v) is 10.5. The van der Waals surface area contributed by atoms with Gasteiger partial charge in [-0.25, -0.2) is 0 Å². The molecule has 26 heavy (non-hydrogen) atoms. The number of nitrogens with zero attached hydrogens (tertiary/aromatic N) is 2. The molecule has 1 N–H and O–H groups in total. The van der Waals surface area contributed by atoms with Crippen LogP contribution in [0.4, 0.5) is 0 Å². The quantitative estimate of drug-likeness (QED) is 0.852. The van der Waals surface area contributed by atoms with E-state index in [1.54, 1.807) is 0 Å². The Bertz CT molecular complexity index is 597. The highest BCUT2D eigenvalue weighted by Gasteiger charge is 2.42. The Morgan fingerprint density at radius 3 is 2.46 bits per heavy atom. The van der Waals surface area contributed by atoms with Gasteiger partial charge in [-0.05, 0) is 49.5 Å². The number of carbonyl (C=O) groups excluding carboxylic acids is 1. The first-order valence-electron chi connectivity index (χ1n) is 10.5. The van der Waals surface area contributed by atoms with Crippen LogP contribution in [0.1, 0.15) is 38.2 Å². The maximum absolute atomic E-state index is 12.5. The third-order valence-electron chi connectivity index (χ3n) is 6.90. The molecular formula is C22H33N3O. The minimum Gasteiger partial charge on any atom is -0.352 e. The zero-order valence-corrected chi connectivity index (χ0v) is 16.1. The maximum Gasteiger partial charge on any atom is 0.234 e. The van der Waals surface area contributed by atoms with Crippen molar-refractivity contribution in [2.75, 3.05) is 32.7 Å². The maximum atomic E-state index is 12.5. The average molecular weight is 356 g/mol. The van der Waals surface area contributed by atoms with Gasteiger partial charge in [0, 0.05) is 38.8 Å². The molecule has 0 aromatic heterocycles. The van der Waals surface area contributed by atoms with Crippen LogP contribution in [0.25, 0.3) is 0 Å². The van der Waals surface area contributed by atoms with Gasteiger partial charge in [-0.15, -0.1) is 0 Å². The third-order valence-corrected chi connectivity index (χ3v) is 6.90. The summed E-state index contributed by atoms with van der Waals surface area (Å²) in [4.78, 5) is 17.3. The summed E-state index contributed by atoms with van der Waals surface area (Å²) >= 11 is 0. The van der Waals surface area contributed by atoms with Crippen LogP contribution in [-0.2, 0) is 11.3 Å². The van der Waals surface area contributed by atoms with E-state index in [9.17, 15) is 4.79 Å². The molecule has 2 bridgehead atoms. The van der Waals surface area contributed by atoms with Gasteiger partial charge in [0.05, 0.1) is 6.54 Å². The van der Waals surface area contributed by atoms with Gasteiger partial charge in [-0.2, -0.15) is 0 Å². The number of nitrogens with one attached hydrogen (secondary N) is 1. The number of fused-ring (bicyclic) bond motifs is 2. The van der Waals surface area contributed by atoms with Gasteiger partial charge < -0.3 is 5.32 Å². The van der Waals surface area contributed by atoms with Crippen molar-refractivity contribution in [2.45, 2.75) is 45.2 Å². The Morgan fingerprint density at radius 1 is 1.08 bits per heavy atom. The number of carbonyl (C=O) groups is 1. The Hall–Kier alpha value is -1.39. The summed E-state index contributed by atoms with van der Waals surface area (Å²) in [6.07, 6.45) is 5.56. The van der Waals surface area contributed by atoms with E-state index in [0.717, 1.165) is 50.5 Å². The zero-order valence-electron chi connectivity index (χ0n) is 16.1. The lowest BCUT2D eigenvalue weighted by atomic mass is 9.84. The van der Waals surface area contributed by atoms with Crippen molar-refractivity contribution in [3.05, 3.63) is 35.9 Å². The molecule has 3 fully saturated rings. The highest BCUT2D eigenvalue weighted by Crippen LogP contribution is 2.49. The van der Waals surface area contributed by atoms with Gasteiger partial charge in [0.15, 0.2) is 0 Å². The molecule has 0 radical (unpaired) electrons. The predicted molar refractivity (Wildman–Crippen MR) is 105 cm³/mol. The standard InChI is InChI=1S/C22H33N3O/c1-17(21-14-19-7-8-20(21)13-19)23-22(26)16-25-11-9-24(10-12-25)15-18-5-3-2-4-6-18/h2-6,17,19-21H,7-16H2,1H3,(H,23,26)/t17-,19+,20+,21-/m0/s1. The molecule has 4 nitrogen and oxygen atoms in total. The number of piperazine rings is 1. The Labute approximate surface area is 157 Å². The Balaban J connectivity index is 1.17. The molecule has 1 amide bonds. The normalized spacial score (nSPS) is 30.4. The molecule has 2 aliphatic carbocycles. The first kappa shape index (κ1) is 18.0. The predicted octanol–water partition coefficient (Wildman–Crippen LogP) is 2.75. The minimum absolute atomic E-state index is 0.219. The Morgan fingerprint density at radius 2 is 1.81 bits per heavy atom. The third kappa shape index (κ3) is 4.29. The summed E-state index contributed by atoms with van der Waals surface area (Å²) in [5.41, 5.74) is 1.37. The molecule has 142 valence electrons. The van der Waals surface area contributed by atoms with Crippen LogP contribution in [0.15, 0.2) is 30.3 Å². The minimum atomic E-state index is 0.219. The number of benzene rings is 1. The molecule has 1 aromatic rings. The summed E-state index contributed by atoms with van der Waals surface area (Å²) in [7, 11) is 0. The molecule has 1 aliphatic heterocycles. The van der Waals surface area contributed by atoms with E-state index < -0.39 is 0 Å². The second-order valence-electron chi connectivity index (χ2n) is 8.73. The van der Waals surface area contributed by atoms with Crippen LogP contribution in [0, 0.1) is 17.8 Å². The van der Waals surface area contributed by atoms with Crippen molar-refractivity contribution in [2.24, 2.45) is 17.8 Å². The van der Waals surface area contributed by atoms with Crippen LogP contribution in [0.2, 0.25) is 0 Å². The van der Waals surface area contributed by atoms with E-state index in [4.69, 9.17) is 0 Å². The van der Waals surface area contributed by atoms with Crippen molar-refractivity contribution in [1.29, 1.82) is 0 Å². The molecule has 3 aliphatic rings. The molecule has 4 rings (SSSR count). The molecule has 0 spiro atoms. The molecule has 2 saturated carbocycles. The summed E-state index contributed by atoms with van der Waals surface area (Å²) in [6, 6.07) is 11.0. The van der Waals surface area contributed by atoms with Crippen LogP contribution >= 0.6 is 0 Å². The molecule has 0 unspecified atom stereocenters. The van der Waals surface area contributed by atoms with Crippen LogP contribution in [-0.4, -0.2) is 54.5 Å². The van der Waals surface area contributed by atoms with Crippen molar-refractivity contribution in [3.63, 3.8) is 0 Å². The lowest BCUT2D eigenvalue weighted by Crippen LogP contribution is -2.50. The van der Waals surface area contributed by atoms with Gasteiger partial charge >= 0.3 is 0 Å². The van der Waals surface area contributed by atoms with Gasteiger partial charge in [0.1, 0.15) is 0 Å². The number of hydrogen-bond donors (Lipinski definition) is 1. The fourth-order valence-electron chi connectivity index (χ4n) is 5.46. The second kappa shape index (κ2) is 8.10. The first-order chi connectivity index (χ1) is 12.7. The smallest absolute Gasteiger partial charge is 0.234 e. The van der Waals surface area contributed by atoms with E-state index in [1.165, 1.54) is 31.2 Å². The van der Waals surface area contributed by atoms with E-state index in [2.05, 4.69) is 52.4 Å². The van der Waals surface area contributed by atoms with E-state index >= 15 is 0 Å². The van der Waals surface area contributed by atoms with Gasteiger partial charge in [-0.1, -0.05) is 36.8 Å². The summed E-state index contributed by atoms with van der Waals surface area (Å²) in [5, 5.41) is 3.31. The van der Waals surface area contributed by atoms with E-state index in [0.29, 0.717) is 12.6 Å². The van der Waals surface area contributed by atoms with Crippen LogP contribution in [0.3, 0.4) is 0 Å². The highest BCUT2D eigenvalue weighted by molar-refractivity contribution is 5.78. The van der Waals surface area contributed by atoms with Gasteiger partial charge in [-0.3, -0.25) is 14.6 Å². The van der Waals surface area contributed by atoms with Crippen LogP contribution in [0.5, 0.6) is 0 Å². The summed E-state index contributed by atoms with van der Waals surface area (Å²) in [5.74, 6) is 2.76. The van der Waals surface area contributed by atoms with Crippen molar-refractivity contribution in [3.8, 4) is 0 Å². The van der Waals surface area contributed by atoms with Gasteiger partial charge in [0.25, 0.3) is 0 Å². The molecular weight excluding hydrogens is 322 g/mol. The molecule has 1 aromatic carbocycles. The van der Waals surface area contributed by atoms with Gasteiger partial charge in [0.2, 0.25) is 5.91 Å². The number of amides is 1. The number of rotatable bonds is 6. The second-order valence-corrected chi connectivity index (χ2v) is 8.73. The largest absolute Gasteiger partial charge is 0.352 e. The zero-order chi connectivity index (χ0) is 17.9. The average Bonchev–Trinajstić information content (AvgIpc) is 3.28. The van der Waals surface area contributed by atoms with E-state index in [-0.39, 0.29) is 5.91 Å². The lowest BCUT2D eigenvalue weighted by molar-refractivity contribution is -0.123. The fourth-order valence-corrected chi connectivity index (χ4v) is 5.46. The monoisotopic (exact) mass is 355 g/mol. The van der Waals surface area contributed by atoms with Crippen molar-refractivity contribution >= 4 is 5.91 Å². The van der Waals surface area contributed by atoms with Crippen molar-refractivity contribution < 1.29 is 4.79 Å². The molecule has 4 heteroatoms. The summed E-state index contributed by atoms with van der Waals surface area (Å²) in [6.45, 7) is 7.87. The topological polar surface area (TPSA) is 35.6 Å². The Kier molecular flexibility index (Phi) is 5.60. The van der Waals surface area contributed by atoms with E-state index in [1.807, 2.05) is 0 Å². The highest BCUT2D eigenvalue weighted by atomic mass is 16.2. The lowest BCUT2D eigenvalue weighted by Gasteiger charge is -2.35. The molecule has 4 atom stereocenters. The summed E-state index contributed by atoms with van der Waals surface area (Å²) < 4.78 is 0. The fraction of sp³-hybridized carbons (Fsp3) is 0.682. The SMILES string of the molecule is C[C@H](NC(=O)CN1CCN(Cc2ccccc2)CC1)[C@@H]1C[C@@H]2CC[C@@H]1C2.